The van der Waals surface area contributed by atoms with E-state index in [9.17, 15) is 9.59 Å². The smallest absolute Gasteiger partial charge is 0.251 e. The number of nitrogens with zero attached hydrogens (tertiary/aromatic N) is 1. The Morgan fingerprint density at radius 2 is 1.54 bits per heavy atom. The van der Waals surface area contributed by atoms with Gasteiger partial charge in [-0.05, 0) is 41.2 Å². The number of carbonyl (C=O) groups is 2. The molecule has 5 nitrogen and oxygen atoms in total. The van der Waals surface area contributed by atoms with Gasteiger partial charge in [0.25, 0.3) is 5.91 Å². The number of carbonyl (C=O) groups excluding carboxylic acids is 2. The Kier molecular flexibility index (Phi) is 6.14. The molecule has 138 valence electrons. The summed E-state index contributed by atoms with van der Waals surface area (Å²) < 4.78 is 0. The predicted molar refractivity (Wildman–Crippen MR) is 104 cm³/mol. The SMILES string of the molecule is CC(C)C(NC(=O)c1ccc(C(C)(C)C)cc1)C(=O)Nc1ccncc1. The second-order valence-corrected chi connectivity index (χ2v) is 7.75. The van der Waals surface area contributed by atoms with Crippen LogP contribution in [-0.2, 0) is 10.2 Å². The van der Waals surface area contributed by atoms with Gasteiger partial charge in [-0.3, -0.25) is 14.6 Å². The fourth-order valence-electron chi connectivity index (χ4n) is 2.54. The van der Waals surface area contributed by atoms with Crippen LogP contribution in [0.1, 0.15) is 50.5 Å². The second-order valence-electron chi connectivity index (χ2n) is 7.75. The molecule has 0 saturated heterocycles. The number of hydrogen-bond donors (Lipinski definition) is 2. The third-order valence-corrected chi connectivity index (χ3v) is 4.20. The third-order valence-electron chi connectivity index (χ3n) is 4.20. The molecule has 1 aromatic heterocycles. The Balaban J connectivity index is 2.09. The zero-order chi connectivity index (χ0) is 19.3. The Hall–Kier alpha value is -2.69. The summed E-state index contributed by atoms with van der Waals surface area (Å²) in [4.78, 5) is 29.1. The van der Waals surface area contributed by atoms with Gasteiger partial charge < -0.3 is 10.6 Å². The molecule has 0 aliphatic heterocycles. The largest absolute Gasteiger partial charge is 0.340 e. The summed E-state index contributed by atoms with van der Waals surface area (Å²) in [6.07, 6.45) is 3.21. The van der Waals surface area contributed by atoms with Crippen molar-refractivity contribution in [2.75, 3.05) is 5.32 Å². The average Bonchev–Trinajstić information content (AvgIpc) is 2.59. The maximum absolute atomic E-state index is 12.6. The van der Waals surface area contributed by atoms with Crippen LogP contribution >= 0.6 is 0 Å². The summed E-state index contributed by atoms with van der Waals surface area (Å²) in [6, 6.07) is 10.3. The summed E-state index contributed by atoms with van der Waals surface area (Å²) in [7, 11) is 0. The van der Waals surface area contributed by atoms with Crippen LogP contribution in [0.3, 0.4) is 0 Å². The van der Waals surface area contributed by atoms with E-state index in [-0.39, 0.29) is 23.1 Å². The van der Waals surface area contributed by atoms with Crippen LogP contribution < -0.4 is 10.6 Å². The molecule has 1 aromatic carbocycles. The summed E-state index contributed by atoms with van der Waals surface area (Å²) in [6.45, 7) is 10.2. The molecule has 1 heterocycles. The Bertz CT molecular complexity index is 747. The lowest BCUT2D eigenvalue weighted by atomic mass is 9.86. The molecule has 2 aromatic rings. The van der Waals surface area contributed by atoms with Gasteiger partial charge >= 0.3 is 0 Å². The highest BCUT2D eigenvalue weighted by molar-refractivity contribution is 6.01. The second kappa shape index (κ2) is 8.13. The summed E-state index contributed by atoms with van der Waals surface area (Å²) in [5.41, 5.74) is 2.38. The molecule has 2 rings (SSSR count). The van der Waals surface area contributed by atoms with Gasteiger partial charge in [-0.2, -0.15) is 0 Å². The van der Waals surface area contributed by atoms with E-state index in [1.807, 2.05) is 26.0 Å². The summed E-state index contributed by atoms with van der Waals surface area (Å²) in [5.74, 6) is -0.547. The number of pyridine rings is 1. The zero-order valence-electron chi connectivity index (χ0n) is 16.0. The lowest BCUT2D eigenvalue weighted by molar-refractivity contribution is -0.118. The van der Waals surface area contributed by atoms with Crippen molar-refractivity contribution in [1.29, 1.82) is 0 Å². The molecule has 0 saturated carbocycles. The van der Waals surface area contributed by atoms with Crippen LogP contribution in [-0.4, -0.2) is 22.8 Å². The fourth-order valence-corrected chi connectivity index (χ4v) is 2.54. The van der Waals surface area contributed by atoms with Gasteiger partial charge in [-0.1, -0.05) is 46.8 Å². The number of anilines is 1. The first kappa shape index (κ1) is 19.6. The van der Waals surface area contributed by atoms with Gasteiger partial charge in [0.05, 0.1) is 0 Å². The first-order valence-corrected chi connectivity index (χ1v) is 8.81. The van der Waals surface area contributed by atoms with Gasteiger partial charge in [-0.25, -0.2) is 0 Å². The Morgan fingerprint density at radius 3 is 2.04 bits per heavy atom. The molecule has 0 spiro atoms. The summed E-state index contributed by atoms with van der Waals surface area (Å²) in [5, 5.41) is 5.66. The van der Waals surface area contributed by atoms with Crippen molar-refractivity contribution in [1.82, 2.24) is 10.3 Å². The number of rotatable bonds is 5. The molecular formula is C21H27N3O2. The number of amides is 2. The topological polar surface area (TPSA) is 71.1 Å². The zero-order valence-corrected chi connectivity index (χ0v) is 16.0. The summed E-state index contributed by atoms with van der Waals surface area (Å²) >= 11 is 0. The Labute approximate surface area is 155 Å². The standard InChI is InChI=1S/C21H27N3O2/c1-14(2)18(20(26)23-17-10-12-22-13-11-17)24-19(25)15-6-8-16(9-7-15)21(3,4)5/h6-14,18H,1-5H3,(H,24,25)(H,22,23,26). The van der Waals surface area contributed by atoms with Crippen molar-refractivity contribution >= 4 is 17.5 Å². The van der Waals surface area contributed by atoms with Crippen LogP contribution in [0.5, 0.6) is 0 Å². The van der Waals surface area contributed by atoms with Crippen molar-refractivity contribution in [2.45, 2.75) is 46.1 Å². The molecule has 5 heteroatoms. The Morgan fingerprint density at radius 1 is 0.962 bits per heavy atom. The first-order chi connectivity index (χ1) is 12.2. The minimum Gasteiger partial charge on any atom is -0.340 e. The maximum atomic E-state index is 12.6. The normalized spacial score (nSPS) is 12.5. The molecule has 0 aliphatic rings. The molecule has 2 amide bonds. The molecule has 26 heavy (non-hydrogen) atoms. The van der Waals surface area contributed by atoms with E-state index in [1.54, 1.807) is 36.7 Å². The predicted octanol–water partition coefficient (Wildman–Crippen LogP) is 3.77. The van der Waals surface area contributed by atoms with Crippen LogP contribution in [0.2, 0.25) is 0 Å². The van der Waals surface area contributed by atoms with Gasteiger partial charge in [0.2, 0.25) is 5.91 Å². The van der Waals surface area contributed by atoms with E-state index in [1.165, 1.54) is 0 Å². The molecule has 1 unspecified atom stereocenters. The fraction of sp³-hybridized carbons (Fsp3) is 0.381. The third kappa shape index (κ3) is 5.15. The highest BCUT2D eigenvalue weighted by Crippen LogP contribution is 2.22. The van der Waals surface area contributed by atoms with E-state index >= 15 is 0 Å². The highest BCUT2D eigenvalue weighted by atomic mass is 16.2. The van der Waals surface area contributed by atoms with Crippen molar-refractivity contribution in [3.63, 3.8) is 0 Å². The monoisotopic (exact) mass is 353 g/mol. The average molecular weight is 353 g/mol. The maximum Gasteiger partial charge on any atom is 0.251 e. The van der Waals surface area contributed by atoms with E-state index < -0.39 is 6.04 Å². The van der Waals surface area contributed by atoms with Crippen LogP contribution in [0.25, 0.3) is 0 Å². The number of hydrogen-bond acceptors (Lipinski definition) is 3. The van der Waals surface area contributed by atoms with Crippen LogP contribution in [0, 0.1) is 5.92 Å². The van der Waals surface area contributed by atoms with Gasteiger partial charge in [0.15, 0.2) is 0 Å². The quantitative estimate of drug-likeness (QED) is 0.859. The number of aromatic nitrogens is 1. The van der Waals surface area contributed by atoms with E-state index in [0.29, 0.717) is 11.3 Å². The van der Waals surface area contributed by atoms with Gasteiger partial charge in [0, 0.05) is 23.6 Å². The molecular weight excluding hydrogens is 326 g/mol. The van der Waals surface area contributed by atoms with E-state index in [4.69, 9.17) is 0 Å². The first-order valence-electron chi connectivity index (χ1n) is 8.81. The molecule has 2 N–H and O–H groups in total. The van der Waals surface area contributed by atoms with E-state index in [0.717, 1.165) is 5.56 Å². The van der Waals surface area contributed by atoms with Gasteiger partial charge in [0.1, 0.15) is 6.04 Å². The van der Waals surface area contributed by atoms with E-state index in [2.05, 4.69) is 36.4 Å². The van der Waals surface area contributed by atoms with Crippen LogP contribution in [0.4, 0.5) is 5.69 Å². The van der Waals surface area contributed by atoms with Crippen molar-refractivity contribution in [3.05, 3.63) is 59.9 Å². The molecule has 0 radical (unpaired) electrons. The lowest BCUT2D eigenvalue weighted by Crippen LogP contribution is -2.47. The number of benzene rings is 1. The van der Waals surface area contributed by atoms with Crippen LogP contribution in [0.15, 0.2) is 48.8 Å². The molecule has 1 atom stereocenters. The highest BCUT2D eigenvalue weighted by Gasteiger charge is 2.25. The minimum absolute atomic E-state index is 0.0277. The van der Waals surface area contributed by atoms with Gasteiger partial charge in [-0.15, -0.1) is 0 Å². The lowest BCUT2D eigenvalue weighted by Gasteiger charge is -2.22. The molecule has 0 bridgehead atoms. The molecule has 0 fully saturated rings. The minimum atomic E-state index is -0.627. The van der Waals surface area contributed by atoms with Crippen molar-refractivity contribution in [3.8, 4) is 0 Å². The van der Waals surface area contributed by atoms with Crippen molar-refractivity contribution in [2.24, 2.45) is 5.92 Å². The van der Waals surface area contributed by atoms with Crippen molar-refractivity contribution < 1.29 is 9.59 Å². The number of nitrogens with one attached hydrogen (secondary N) is 2. The molecule has 0 aliphatic carbocycles.